The molecule has 0 aliphatic rings. The van der Waals surface area contributed by atoms with Crippen LogP contribution in [0.4, 0.5) is 13.2 Å². The van der Waals surface area contributed by atoms with Crippen molar-refractivity contribution in [3.63, 3.8) is 0 Å². The van der Waals surface area contributed by atoms with Gasteiger partial charge in [0.25, 0.3) is 0 Å². The molecular weight excluding hydrogens is 518 g/mol. The molecule has 0 radical (unpaired) electrons. The smallest absolute Gasteiger partial charge is 0.357 e. The van der Waals surface area contributed by atoms with E-state index >= 15 is 0 Å². The number of nitrogens with zero attached hydrogens (tertiary/aromatic N) is 3. The maximum Gasteiger partial charge on any atom is 0.434 e. The van der Waals surface area contributed by atoms with E-state index < -0.39 is 11.9 Å². The van der Waals surface area contributed by atoms with Gasteiger partial charge in [-0.05, 0) is 13.3 Å². The van der Waals surface area contributed by atoms with E-state index in [0.29, 0.717) is 17.5 Å². The van der Waals surface area contributed by atoms with Gasteiger partial charge in [-0.1, -0.05) is 11.8 Å². The fraction of sp³-hybridized carbons (Fsp3) is 0.500. The lowest BCUT2D eigenvalue weighted by Crippen LogP contribution is -2.37. The van der Waals surface area contributed by atoms with Crippen molar-refractivity contribution in [3.8, 4) is 0 Å². The zero-order chi connectivity index (χ0) is 18.1. The Balaban J connectivity index is 0.00000338. The van der Waals surface area contributed by atoms with Gasteiger partial charge in [-0.2, -0.15) is 13.2 Å². The third-order valence-corrected chi connectivity index (χ3v) is 5.69. The van der Waals surface area contributed by atoms with Gasteiger partial charge in [0.1, 0.15) is 9.35 Å². The van der Waals surface area contributed by atoms with E-state index in [1.54, 1.807) is 29.3 Å². The first-order valence-electron chi connectivity index (χ1n) is 7.55. The summed E-state index contributed by atoms with van der Waals surface area (Å²) in [4.78, 5) is 12.1. The monoisotopic (exact) mass is 537 g/mol. The topological polar surface area (TPSA) is 62.2 Å². The first-order chi connectivity index (χ1) is 12.0. The molecule has 26 heavy (non-hydrogen) atoms. The van der Waals surface area contributed by atoms with Crippen LogP contribution < -0.4 is 10.6 Å². The third kappa shape index (κ3) is 8.39. The number of hydrogen-bond acceptors (Lipinski definition) is 6. The van der Waals surface area contributed by atoms with Crippen LogP contribution in [0.5, 0.6) is 0 Å². The lowest BCUT2D eigenvalue weighted by molar-refractivity contribution is -0.140. The van der Waals surface area contributed by atoms with Crippen molar-refractivity contribution in [1.82, 2.24) is 20.6 Å². The number of rotatable bonds is 8. The predicted octanol–water partition coefficient (Wildman–Crippen LogP) is 4.47. The van der Waals surface area contributed by atoms with Gasteiger partial charge in [-0.25, -0.2) is 15.0 Å². The van der Waals surface area contributed by atoms with Crippen molar-refractivity contribution >= 4 is 64.4 Å². The summed E-state index contributed by atoms with van der Waals surface area (Å²) >= 11 is 4.28. The van der Waals surface area contributed by atoms with Crippen LogP contribution in [0, 0.1) is 0 Å². The van der Waals surface area contributed by atoms with Gasteiger partial charge in [0.2, 0.25) is 0 Å². The van der Waals surface area contributed by atoms with Crippen LogP contribution in [-0.4, -0.2) is 34.8 Å². The molecule has 2 rings (SSSR count). The van der Waals surface area contributed by atoms with Gasteiger partial charge >= 0.3 is 6.18 Å². The Morgan fingerprint density at radius 1 is 1.31 bits per heavy atom. The summed E-state index contributed by atoms with van der Waals surface area (Å²) in [6.07, 6.45) is -1.70. The number of halogens is 4. The van der Waals surface area contributed by atoms with Crippen LogP contribution in [0.3, 0.4) is 0 Å². The van der Waals surface area contributed by atoms with Crippen molar-refractivity contribution < 1.29 is 13.2 Å². The number of nitrogens with one attached hydrogen (secondary N) is 2. The summed E-state index contributed by atoms with van der Waals surface area (Å²) in [6, 6.07) is 0. The van der Waals surface area contributed by atoms with E-state index in [-0.39, 0.29) is 30.5 Å². The average Bonchev–Trinajstić information content (AvgIpc) is 3.23. The Kier molecular flexibility index (Phi) is 10.8. The predicted molar refractivity (Wildman–Crippen MR) is 113 cm³/mol. The molecule has 5 nitrogen and oxygen atoms in total. The van der Waals surface area contributed by atoms with Crippen LogP contribution in [0.1, 0.15) is 24.0 Å². The maximum absolute atomic E-state index is 12.5. The number of alkyl halides is 3. The summed E-state index contributed by atoms with van der Waals surface area (Å²) in [5, 5.41) is 9.54. The van der Waals surface area contributed by atoms with E-state index in [2.05, 4.69) is 25.6 Å². The normalized spacial score (nSPS) is 11.9. The van der Waals surface area contributed by atoms with Gasteiger partial charge in [0, 0.05) is 35.8 Å². The largest absolute Gasteiger partial charge is 0.434 e. The molecule has 0 atom stereocenters. The van der Waals surface area contributed by atoms with Gasteiger partial charge < -0.3 is 10.6 Å². The molecule has 2 aromatic rings. The summed E-state index contributed by atoms with van der Waals surface area (Å²) < 4.78 is 38.7. The quantitative estimate of drug-likeness (QED) is 0.171. The number of thioether (sulfide) groups is 1. The third-order valence-electron chi connectivity index (χ3n) is 2.81. The van der Waals surface area contributed by atoms with Crippen LogP contribution in [0.2, 0.25) is 0 Å². The molecule has 12 heteroatoms. The zero-order valence-electron chi connectivity index (χ0n) is 13.9. The highest BCUT2D eigenvalue weighted by atomic mass is 127. The van der Waals surface area contributed by atoms with Crippen LogP contribution in [0.25, 0.3) is 0 Å². The van der Waals surface area contributed by atoms with Crippen molar-refractivity contribution in [2.75, 3.05) is 18.8 Å². The number of aromatic nitrogens is 2. The molecule has 146 valence electrons. The highest BCUT2D eigenvalue weighted by molar-refractivity contribution is 14.0. The van der Waals surface area contributed by atoms with E-state index in [4.69, 9.17) is 0 Å². The lowest BCUT2D eigenvalue weighted by Gasteiger charge is -2.10. The van der Waals surface area contributed by atoms with Crippen molar-refractivity contribution in [2.45, 2.75) is 30.4 Å². The standard InChI is InChI=1S/C14H18F3N5S3.HI/c1-2-18-12(19-4-3-6-23-13-20-5-7-24-13)21-8-11-22-10(9-25-11)14(15,16)17;/h5,7,9H,2-4,6,8H2,1H3,(H2,18,19,21);1H. The molecule has 0 unspecified atom stereocenters. The fourth-order valence-corrected chi connectivity index (χ4v) is 4.09. The molecule has 0 saturated carbocycles. The summed E-state index contributed by atoms with van der Waals surface area (Å²) in [7, 11) is 0. The maximum atomic E-state index is 12.5. The highest BCUT2D eigenvalue weighted by Crippen LogP contribution is 2.30. The van der Waals surface area contributed by atoms with Crippen LogP contribution in [0.15, 0.2) is 26.3 Å². The van der Waals surface area contributed by atoms with Crippen LogP contribution in [-0.2, 0) is 12.7 Å². The zero-order valence-corrected chi connectivity index (χ0v) is 18.7. The molecule has 0 fully saturated rings. The second kappa shape index (κ2) is 12.0. The molecule has 0 spiro atoms. The molecule has 0 saturated heterocycles. The second-order valence-corrected chi connectivity index (χ2v) is 7.93. The molecule has 0 aliphatic heterocycles. The Hall–Kier alpha value is -0.600. The average molecular weight is 537 g/mol. The number of aliphatic imine (C=N–C) groups is 1. The van der Waals surface area contributed by atoms with E-state index in [1.807, 2.05) is 12.3 Å². The fourth-order valence-electron chi connectivity index (χ4n) is 1.72. The van der Waals surface area contributed by atoms with E-state index in [1.165, 1.54) is 0 Å². The number of guanidine groups is 1. The molecule has 0 aliphatic carbocycles. The first-order valence-corrected chi connectivity index (χ1v) is 10.3. The van der Waals surface area contributed by atoms with Crippen molar-refractivity contribution in [1.29, 1.82) is 0 Å². The van der Waals surface area contributed by atoms with E-state index in [0.717, 1.165) is 39.8 Å². The minimum atomic E-state index is -4.41. The van der Waals surface area contributed by atoms with Gasteiger partial charge in [0.15, 0.2) is 11.7 Å². The minimum absolute atomic E-state index is 0. The SMILES string of the molecule is CCNC(=NCc1nc(C(F)(F)F)cs1)NCCCSc1nccs1.I. The molecular formula is C14H19F3IN5S3. The van der Waals surface area contributed by atoms with Gasteiger partial charge in [0.05, 0.1) is 6.54 Å². The molecule has 0 amide bonds. The number of hydrogen-bond donors (Lipinski definition) is 2. The summed E-state index contributed by atoms with van der Waals surface area (Å²) in [5.74, 6) is 1.51. The summed E-state index contributed by atoms with van der Waals surface area (Å²) in [6.45, 7) is 3.44. The van der Waals surface area contributed by atoms with Crippen molar-refractivity contribution in [2.24, 2.45) is 4.99 Å². The Morgan fingerprint density at radius 2 is 2.12 bits per heavy atom. The molecule has 2 aromatic heterocycles. The van der Waals surface area contributed by atoms with Crippen LogP contribution >= 0.6 is 58.4 Å². The Morgan fingerprint density at radius 3 is 2.73 bits per heavy atom. The van der Waals surface area contributed by atoms with Gasteiger partial charge in [-0.3, -0.25) is 0 Å². The Labute approximate surface area is 179 Å². The number of thiazole rings is 2. The molecule has 2 N–H and O–H groups in total. The highest BCUT2D eigenvalue weighted by Gasteiger charge is 2.33. The minimum Gasteiger partial charge on any atom is -0.357 e. The second-order valence-electron chi connectivity index (χ2n) is 4.75. The Bertz CT molecular complexity index is 661. The molecule has 0 bridgehead atoms. The lowest BCUT2D eigenvalue weighted by atomic mass is 10.5. The molecule has 0 aromatic carbocycles. The summed E-state index contributed by atoms with van der Waals surface area (Å²) in [5.41, 5.74) is -0.861. The van der Waals surface area contributed by atoms with Gasteiger partial charge in [-0.15, -0.1) is 46.7 Å². The molecule has 2 heterocycles. The van der Waals surface area contributed by atoms with Crippen molar-refractivity contribution in [3.05, 3.63) is 27.7 Å². The first kappa shape index (κ1) is 23.4. The van der Waals surface area contributed by atoms with E-state index in [9.17, 15) is 13.2 Å².